The van der Waals surface area contributed by atoms with Crippen LogP contribution in [-0.4, -0.2) is 62.8 Å². The van der Waals surface area contributed by atoms with Gasteiger partial charge in [-0.05, 0) is 79.5 Å². The van der Waals surface area contributed by atoms with Crippen LogP contribution in [0.15, 0.2) is 67.3 Å². The third-order valence-electron chi connectivity index (χ3n) is 7.97. The Morgan fingerprint density at radius 2 is 1.70 bits per heavy atom. The Balaban J connectivity index is 1.23. The molecule has 0 bridgehead atoms. The van der Waals surface area contributed by atoms with Crippen molar-refractivity contribution in [2.24, 2.45) is 0 Å². The third kappa shape index (κ3) is 5.96. The van der Waals surface area contributed by atoms with Gasteiger partial charge in [0.1, 0.15) is 11.5 Å². The molecule has 1 aliphatic heterocycles. The molecule has 1 saturated heterocycles. The van der Waals surface area contributed by atoms with Crippen LogP contribution < -0.4 is 4.72 Å². The molecule has 7 rings (SSSR count). The summed E-state index contributed by atoms with van der Waals surface area (Å²) in [6.45, 7) is 3.10. The fourth-order valence-electron chi connectivity index (χ4n) is 5.88. The Morgan fingerprint density at radius 1 is 0.886 bits per heavy atom. The van der Waals surface area contributed by atoms with E-state index in [2.05, 4.69) is 40.8 Å². The molecule has 6 heterocycles. The highest BCUT2D eigenvalue weighted by Crippen LogP contribution is 2.34. The van der Waals surface area contributed by atoms with Crippen LogP contribution >= 0.6 is 0 Å². The molecule has 10 nitrogen and oxygen atoms in total. The van der Waals surface area contributed by atoms with Gasteiger partial charge < -0.3 is 4.98 Å². The minimum absolute atomic E-state index is 0.0235. The first-order valence-corrected chi connectivity index (χ1v) is 16.4. The van der Waals surface area contributed by atoms with Crippen LogP contribution in [-0.2, 0) is 23.1 Å². The molecule has 0 saturated carbocycles. The van der Waals surface area contributed by atoms with E-state index < -0.39 is 15.8 Å². The van der Waals surface area contributed by atoms with E-state index in [1.165, 1.54) is 37.0 Å². The number of aromatic nitrogens is 6. The summed E-state index contributed by atoms with van der Waals surface area (Å²) in [6, 6.07) is 12.4. The first kappa shape index (κ1) is 28.3. The van der Waals surface area contributed by atoms with Crippen LogP contribution in [0.5, 0.6) is 0 Å². The normalized spacial score (nSPS) is 14.5. The molecule has 224 valence electrons. The van der Waals surface area contributed by atoms with Crippen LogP contribution in [0.1, 0.15) is 30.4 Å². The van der Waals surface area contributed by atoms with E-state index >= 15 is 0 Å². The monoisotopic (exact) mass is 610 g/mol. The highest BCUT2D eigenvalue weighted by Gasteiger charge is 2.17. The number of pyridine rings is 3. The Bertz CT molecular complexity index is 2100. The number of hydrogen-bond acceptors (Lipinski definition) is 7. The number of nitrogens with one attached hydrogen (secondary N) is 3. The van der Waals surface area contributed by atoms with E-state index in [-0.39, 0.29) is 6.54 Å². The maximum Gasteiger partial charge on any atom is 0.209 e. The van der Waals surface area contributed by atoms with Crippen molar-refractivity contribution < 1.29 is 12.8 Å². The van der Waals surface area contributed by atoms with Crippen molar-refractivity contribution in [1.29, 1.82) is 0 Å². The lowest BCUT2D eigenvalue weighted by molar-refractivity contribution is 0.220. The van der Waals surface area contributed by atoms with Gasteiger partial charge in [-0.2, -0.15) is 5.10 Å². The topological polar surface area (TPSA) is 133 Å². The molecule has 1 fully saturated rings. The summed E-state index contributed by atoms with van der Waals surface area (Å²) in [5.41, 5.74) is 7.63. The fraction of sp³-hybridized carbons (Fsp3) is 0.250. The molecular weight excluding hydrogens is 579 g/mol. The highest BCUT2D eigenvalue weighted by molar-refractivity contribution is 7.88. The fourth-order valence-corrected chi connectivity index (χ4v) is 6.31. The van der Waals surface area contributed by atoms with Gasteiger partial charge in [-0.25, -0.2) is 17.5 Å². The maximum absolute atomic E-state index is 14.6. The van der Waals surface area contributed by atoms with Gasteiger partial charge in [0.2, 0.25) is 10.0 Å². The van der Waals surface area contributed by atoms with Crippen molar-refractivity contribution in [1.82, 2.24) is 39.8 Å². The maximum atomic E-state index is 14.6. The van der Waals surface area contributed by atoms with E-state index in [1.54, 1.807) is 18.5 Å². The molecule has 3 N–H and O–H groups in total. The zero-order valence-electron chi connectivity index (χ0n) is 24.1. The molecule has 1 aliphatic rings. The average molecular weight is 611 g/mol. The average Bonchev–Trinajstić information content (AvgIpc) is 3.64. The minimum atomic E-state index is -3.43. The predicted molar refractivity (Wildman–Crippen MR) is 168 cm³/mol. The van der Waals surface area contributed by atoms with E-state index in [0.29, 0.717) is 16.8 Å². The number of benzene rings is 1. The zero-order chi connectivity index (χ0) is 30.3. The summed E-state index contributed by atoms with van der Waals surface area (Å²) in [6.07, 6.45) is 12.1. The Hall–Kier alpha value is -4.52. The van der Waals surface area contributed by atoms with Crippen molar-refractivity contribution in [2.75, 3.05) is 19.3 Å². The second-order valence-electron chi connectivity index (χ2n) is 11.4. The number of likely N-dealkylation sites (tertiary alicyclic amines) is 1. The predicted octanol–water partition coefficient (Wildman–Crippen LogP) is 5.40. The van der Waals surface area contributed by atoms with Gasteiger partial charge in [-0.1, -0.05) is 6.42 Å². The molecule has 0 aliphatic carbocycles. The quantitative estimate of drug-likeness (QED) is 0.210. The minimum Gasteiger partial charge on any atom is -0.353 e. The summed E-state index contributed by atoms with van der Waals surface area (Å²) >= 11 is 0. The van der Waals surface area contributed by atoms with Crippen LogP contribution in [0.25, 0.3) is 55.7 Å². The van der Waals surface area contributed by atoms with Gasteiger partial charge in [-0.3, -0.25) is 25.0 Å². The molecule has 1 aromatic carbocycles. The van der Waals surface area contributed by atoms with Gasteiger partial charge in [0.15, 0.2) is 0 Å². The molecule has 5 aromatic heterocycles. The molecule has 0 amide bonds. The van der Waals surface area contributed by atoms with Crippen molar-refractivity contribution in [2.45, 2.75) is 32.4 Å². The van der Waals surface area contributed by atoms with Gasteiger partial charge in [-0.15, -0.1) is 0 Å². The number of hydrogen-bond donors (Lipinski definition) is 3. The zero-order valence-corrected chi connectivity index (χ0v) is 25.0. The van der Waals surface area contributed by atoms with E-state index in [0.717, 1.165) is 70.3 Å². The van der Waals surface area contributed by atoms with Crippen LogP contribution in [0.2, 0.25) is 0 Å². The van der Waals surface area contributed by atoms with E-state index in [1.807, 2.05) is 30.6 Å². The molecule has 0 atom stereocenters. The second kappa shape index (κ2) is 11.5. The van der Waals surface area contributed by atoms with Gasteiger partial charge in [0.05, 0.1) is 35.1 Å². The summed E-state index contributed by atoms with van der Waals surface area (Å²) in [4.78, 5) is 19.7. The van der Waals surface area contributed by atoms with Crippen LogP contribution in [0.4, 0.5) is 4.39 Å². The largest absolute Gasteiger partial charge is 0.353 e. The summed E-state index contributed by atoms with van der Waals surface area (Å²) in [7, 11) is -3.43. The SMILES string of the molecule is CS(=O)(=O)NCc1cc(F)cc(-c2nccc3[nH]c(-c4n[nH]c5cnc(-c6cncc(CN7CCCCC7)c6)cc45)cc23)c1. The summed E-state index contributed by atoms with van der Waals surface area (Å²) in [5, 5.41) is 9.38. The number of aromatic amines is 2. The Morgan fingerprint density at radius 3 is 2.55 bits per heavy atom. The van der Waals surface area contributed by atoms with Gasteiger partial charge >= 0.3 is 0 Å². The van der Waals surface area contributed by atoms with Gasteiger partial charge in [0, 0.05) is 59.1 Å². The molecular formula is C32H31FN8O2S. The van der Waals surface area contributed by atoms with Crippen molar-refractivity contribution >= 4 is 31.8 Å². The smallest absolute Gasteiger partial charge is 0.209 e. The molecule has 12 heteroatoms. The number of H-pyrrole nitrogens is 2. The Labute approximate surface area is 253 Å². The van der Waals surface area contributed by atoms with E-state index in [9.17, 15) is 12.8 Å². The number of sulfonamides is 1. The first-order chi connectivity index (χ1) is 21.3. The number of halogens is 1. The number of fused-ring (bicyclic) bond motifs is 2. The number of piperidine rings is 1. The third-order valence-corrected chi connectivity index (χ3v) is 8.63. The van der Waals surface area contributed by atoms with Crippen LogP contribution in [0.3, 0.4) is 0 Å². The van der Waals surface area contributed by atoms with Crippen molar-refractivity contribution in [3.05, 3.63) is 84.2 Å². The van der Waals surface area contributed by atoms with Gasteiger partial charge in [0.25, 0.3) is 0 Å². The Kier molecular flexibility index (Phi) is 7.40. The number of rotatable bonds is 8. The van der Waals surface area contributed by atoms with Crippen molar-refractivity contribution in [3.8, 4) is 33.9 Å². The van der Waals surface area contributed by atoms with E-state index in [4.69, 9.17) is 4.98 Å². The lowest BCUT2D eigenvalue weighted by atomic mass is 10.0. The summed E-state index contributed by atoms with van der Waals surface area (Å²) in [5.74, 6) is -0.477. The first-order valence-electron chi connectivity index (χ1n) is 14.5. The second-order valence-corrected chi connectivity index (χ2v) is 13.2. The molecule has 0 radical (unpaired) electrons. The summed E-state index contributed by atoms with van der Waals surface area (Å²) < 4.78 is 40.2. The lowest BCUT2D eigenvalue weighted by Crippen LogP contribution is -2.29. The van der Waals surface area contributed by atoms with Crippen molar-refractivity contribution in [3.63, 3.8) is 0 Å². The molecule has 44 heavy (non-hydrogen) atoms. The van der Waals surface area contributed by atoms with Crippen LogP contribution in [0, 0.1) is 5.82 Å². The highest BCUT2D eigenvalue weighted by atomic mass is 32.2. The molecule has 0 unspecified atom stereocenters. The standard InChI is InChI=1S/C32H31FN8O2S/c1-44(42,43)37-16-20-9-22(12-24(33)11-20)31-25-14-29(38-27(25)5-6-35-31)32-26-13-28(36-18-30(26)39-40-32)23-10-21(15-34-17-23)19-41-7-3-2-4-8-41/h5-6,9-15,17-18,37-38H,2-4,7-8,16,19H2,1H3,(H,39,40). The lowest BCUT2D eigenvalue weighted by Gasteiger charge is -2.26. The molecule has 0 spiro atoms. The number of nitrogens with zero attached hydrogens (tertiary/aromatic N) is 5. The molecule has 6 aromatic rings.